The molecular formula is C25H24N2O2S. The number of carbonyl (C=O) groups is 1. The maximum Gasteiger partial charge on any atom is 0.258 e. The number of amides is 1. The molecule has 3 aromatic carbocycles. The van der Waals surface area contributed by atoms with Gasteiger partial charge in [-0.3, -0.25) is 4.79 Å². The molecule has 0 aliphatic carbocycles. The van der Waals surface area contributed by atoms with Crippen molar-refractivity contribution in [1.29, 1.82) is 0 Å². The molecule has 5 heteroatoms. The number of hydrogen-bond donors (Lipinski definition) is 1. The summed E-state index contributed by atoms with van der Waals surface area (Å²) in [6, 6.07) is 26.2. The molecule has 1 amide bonds. The number of nitrogens with one attached hydrogen (secondary N) is 1. The number of nitrogens with zero attached hydrogens (tertiary/aromatic N) is 1. The van der Waals surface area contributed by atoms with E-state index in [-0.39, 0.29) is 18.6 Å². The number of rotatable bonds is 8. The zero-order chi connectivity index (χ0) is 20.8. The summed E-state index contributed by atoms with van der Waals surface area (Å²) in [6.07, 6.45) is 1.84. The highest BCUT2D eigenvalue weighted by Crippen LogP contribution is 2.30. The van der Waals surface area contributed by atoms with Gasteiger partial charge in [-0.25, -0.2) is 4.98 Å². The van der Waals surface area contributed by atoms with E-state index in [1.54, 1.807) is 11.3 Å². The number of para-hydroxylation sites is 1. The minimum atomic E-state index is -0.106. The fourth-order valence-electron chi connectivity index (χ4n) is 3.25. The van der Waals surface area contributed by atoms with Crippen molar-refractivity contribution >= 4 is 27.5 Å². The molecule has 152 valence electrons. The van der Waals surface area contributed by atoms with Gasteiger partial charge in [-0.1, -0.05) is 42.5 Å². The Morgan fingerprint density at radius 3 is 2.50 bits per heavy atom. The second kappa shape index (κ2) is 9.55. The second-order valence-electron chi connectivity index (χ2n) is 7.29. The first-order chi connectivity index (χ1) is 14.7. The summed E-state index contributed by atoms with van der Waals surface area (Å²) in [4.78, 5) is 16.9. The molecule has 0 bridgehead atoms. The normalized spacial score (nSPS) is 11.9. The Morgan fingerprint density at radius 2 is 1.73 bits per heavy atom. The quantitative estimate of drug-likeness (QED) is 0.414. The molecule has 0 saturated carbocycles. The third-order valence-electron chi connectivity index (χ3n) is 4.88. The van der Waals surface area contributed by atoms with E-state index in [0.717, 1.165) is 28.9 Å². The number of carbonyl (C=O) groups excluding carboxylic acids is 1. The van der Waals surface area contributed by atoms with Crippen LogP contribution in [0, 0.1) is 0 Å². The maximum absolute atomic E-state index is 12.2. The first kappa shape index (κ1) is 20.1. The van der Waals surface area contributed by atoms with Gasteiger partial charge < -0.3 is 10.1 Å². The standard InChI is InChI=1S/C25H24N2O2S/c1-18(11-12-19-7-3-2-4-8-19)26-24(28)17-29-21-15-13-20(14-16-21)25-27-22-9-5-6-10-23(22)30-25/h2-10,13-16,18H,11-12,17H2,1H3,(H,26,28)/t18-/m1/s1. The second-order valence-corrected chi connectivity index (χ2v) is 8.32. The average Bonchev–Trinajstić information content (AvgIpc) is 3.22. The van der Waals surface area contributed by atoms with Crippen LogP contribution in [-0.4, -0.2) is 23.5 Å². The third kappa shape index (κ3) is 5.24. The Kier molecular flexibility index (Phi) is 6.40. The molecule has 0 radical (unpaired) electrons. The largest absolute Gasteiger partial charge is 0.484 e. The van der Waals surface area contributed by atoms with Crippen LogP contribution >= 0.6 is 11.3 Å². The lowest BCUT2D eigenvalue weighted by Crippen LogP contribution is -2.36. The lowest BCUT2D eigenvalue weighted by Gasteiger charge is -2.14. The smallest absolute Gasteiger partial charge is 0.258 e. The van der Waals surface area contributed by atoms with Crippen molar-refractivity contribution in [2.24, 2.45) is 0 Å². The van der Waals surface area contributed by atoms with Gasteiger partial charge in [0.25, 0.3) is 5.91 Å². The van der Waals surface area contributed by atoms with E-state index in [1.165, 1.54) is 10.3 Å². The van der Waals surface area contributed by atoms with E-state index >= 15 is 0 Å². The van der Waals surface area contributed by atoms with Gasteiger partial charge in [-0.05, 0) is 61.7 Å². The first-order valence-electron chi connectivity index (χ1n) is 10.1. The van der Waals surface area contributed by atoms with E-state index in [0.29, 0.717) is 5.75 Å². The number of ether oxygens (including phenoxy) is 1. The lowest BCUT2D eigenvalue weighted by molar-refractivity contribution is -0.123. The highest BCUT2D eigenvalue weighted by Gasteiger charge is 2.10. The van der Waals surface area contributed by atoms with Crippen molar-refractivity contribution in [3.63, 3.8) is 0 Å². The number of hydrogen-bond acceptors (Lipinski definition) is 4. The first-order valence-corrected chi connectivity index (χ1v) is 10.9. The number of aromatic nitrogens is 1. The Bertz CT molecular complexity index is 1070. The van der Waals surface area contributed by atoms with Crippen molar-refractivity contribution in [2.75, 3.05) is 6.61 Å². The predicted molar refractivity (Wildman–Crippen MR) is 123 cm³/mol. The summed E-state index contributed by atoms with van der Waals surface area (Å²) in [6.45, 7) is 2.03. The summed E-state index contributed by atoms with van der Waals surface area (Å²) in [5, 5.41) is 3.98. The van der Waals surface area contributed by atoms with Crippen LogP contribution in [-0.2, 0) is 11.2 Å². The van der Waals surface area contributed by atoms with Crippen LogP contribution in [0.3, 0.4) is 0 Å². The monoisotopic (exact) mass is 416 g/mol. The third-order valence-corrected chi connectivity index (χ3v) is 5.97. The lowest BCUT2D eigenvalue weighted by atomic mass is 10.1. The fourth-order valence-corrected chi connectivity index (χ4v) is 4.23. The molecular weight excluding hydrogens is 392 g/mol. The molecule has 0 saturated heterocycles. The van der Waals surface area contributed by atoms with E-state index in [2.05, 4.69) is 28.5 Å². The van der Waals surface area contributed by atoms with Crippen LogP contribution in [0.2, 0.25) is 0 Å². The average molecular weight is 417 g/mol. The van der Waals surface area contributed by atoms with Crippen LogP contribution in [0.15, 0.2) is 78.9 Å². The van der Waals surface area contributed by atoms with Gasteiger partial charge >= 0.3 is 0 Å². The van der Waals surface area contributed by atoms with Crippen LogP contribution < -0.4 is 10.1 Å². The predicted octanol–water partition coefficient (Wildman–Crippen LogP) is 5.48. The minimum absolute atomic E-state index is 0.0101. The highest BCUT2D eigenvalue weighted by molar-refractivity contribution is 7.21. The molecule has 1 heterocycles. The van der Waals surface area contributed by atoms with Gasteiger partial charge in [-0.15, -0.1) is 11.3 Å². The van der Waals surface area contributed by atoms with Crippen molar-refractivity contribution < 1.29 is 9.53 Å². The Hall–Kier alpha value is -3.18. The van der Waals surface area contributed by atoms with Gasteiger partial charge in [-0.2, -0.15) is 0 Å². The van der Waals surface area contributed by atoms with E-state index in [9.17, 15) is 4.79 Å². The molecule has 0 aliphatic heterocycles. The van der Waals surface area contributed by atoms with E-state index in [4.69, 9.17) is 4.74 Å². The molecule has 30 heavy (non-hydrogen) atoms. The number of thiazole rings is 1. The number of fused-ring (bicyclic) bond motifs is 1. The molecule has 0 fully saturated rings. The van der Waals surface area contributed by atoms with Gasteiger partial charge in [0, 0.05) is 11.6 Å². The SMILES string of the molecule is C[C@H](CCc1ccccc1)NC(=O)COc1ccc(-c2nc3ccccc3s2)cc1. The van der Waals surface area contributed by atoms with Crippen LogP contribution in [0.5, 0.6) is 5.75 Å². The summed E-state index contributed by atoms with van der Waals surface area (Å²) < 4.78 is 6.82. The molecule has 4 aromatic rings. The van der Waals surface area contributed by atoms with Gasteiger partial charge in [0.2, 0.25) is 0 Å². The summed E-state index contributed by atoms with van der Waals surface area (Å²) in [7, 11) is 0. The van der Waals surface area contributed by atoms with Gasteiger partial charge in [0.1, 0.15) is 10.8 Å². The Balaban J connectivity index is 1.25. The molecule has 0 unspecified atom stereocenters. The molecule has 1 aromatic heterocycles. The van der Waals surface area contributed by atoms with Crippen LogP contribution in [0.1, 0.15) is 18.9 Å². The van der Waals surface area contributed by atoms with Crippen LogP contribution in [0.25, 0.3) is 20.8 Å². The van der Waals surface area contributed by atoms with Gasteiger partial charge in [0.05, 0.1) is 10.2 Å². The molecule has 0 spiro atoms. The van der Waals surface area contributed by atoms with Crippen molar-refractivity contribution in [1.82, 2.24) is 10.3 Å². The summed E-state index contributed by atoms with van der Waals surface area (Å²) >= 11 is 1.67. The Labute approximate surface area is 180 Å². The Morgan fingerprint density at radius 1 is 1.00 bits per heavy atom. The number of benzene rings is 3. The molecule has 1 atom stereocenters. The van der Waals surface area contributed by atoms with E-state index in [1.807, 2.05) is 67.6 Å². The van der Waals surface area contributed by atoms with Gasteiger partial charge in [0.15, 0.2) is 6.61 Å². The van der Waals surface area contributed by atoms with Crippen LogP contribution in [0.4, 0.5) is 0 Å². The molecule has 0 aliphatic rings. The fraction of sp³-hybridized carbons (Fsp3) is 0.200. The van der Waals surface area contributed by atoms with Crippen molar-refractivity contribution in [2.45, 2.75) is 25.8 Å². The van der Waals surface area contributed by atoms with Crippen molar-refractivity contribution in [3.8, 4) is 16.3 Å². The topological polar surface area (TPSA) is 51.2 Å². The number of aryl methyl sites for hydroxylation is 1. The minimum Gasteiger partial charge on any atom is -0.484 e. The van der Waals surface area contributed by atoms with Crippen molar-refractivity contribution in [3.05, 3.63) is 84.4 Å². The summed E-state index contributed by atoms with van der Waals surface area (Å²) in [5.74, 6) is 0.567. The zero-order valence-corrected chi connectivity index (χ0v) is 17.7. The molecule has 4 nitrogen and oxygen atoms in total. The summed E-state index contributed by atoms with van der Waals surface area (Å²) in [5.41, 5.74) is 3.33. The zero-order valence-electron chi connectivity index (χ0n) is 16.9. The maximum atomic E-state index is 12.2. The van der Waals surface area contributed by atoms with E-state index < -0.39 is 0 Å². The molecule has 4 rings (SSSR count). The highest BCUT2D eigenvalue weighted by atomic mass is 32.1. The molecule has 1 N–H and O–H groups in total.